The van der Waals surface area contributed by atoms with Gasteiger partial charge in [0.2, 0.25) is 5.91 Å². The quantitative estimate of drug-likeness (QED) is 0.751. The van der Waals surface area contributed by atoms with Crippen molar-refractivity contribution >= 4 is 40.8 Å². The molecule has 1 fully saturated rings. The molecule has 0 radical (unpaired) electrons. The zero-order chi connectivity index (χ0) is 20.1. The molecule has 1 aliphatic heterocycles. The number of para-hydroxylation sites is 2. The minimum absolute atomic E-state index is 0.0373. The number of nitrogens with one attached hydrogen (secondary N) is 1. The zero-order valence-corrected chi connectivity index (χ0v) is 15.9. The standard InChI is InChI=1S/C20H19ClN2O5/c1-27-17-5-3-2-4-16(17)22-18(24)12-28-20(26)13-10-19(25)23(11-13)15-8-6-14(21)7-9-15/h2-9,13H,10-12H2,1H3,(H,22,24). The van der Waals surface area contributed by atoms with Crippen LogP contribution in [0.1, 0.15) is 6.42 Å². The first-order valence-corrected chi connectivity index (χ1v) is 9.01. The van der Waals surface area contributed by atoms with E-state index < -0.39 is 24.4 Å². The Balaban J connectivity index is 1.53. The third kappa shape index (κ3) is 4.61. The molecule has 1 saturated heterocycles. The van der Waals surface area contributed by atoms with Gasteiger partial charge in [0.15, 0.2) is 6.61 Å². The monoisotopic (exact) mass is 402 g/mol. The maximum absolute atomic E-state index is 12.3. The molecule has 28 heavy (non-hydrogen) atoms. The summed E-state index contributed by atoms with van der Waals surface area (Å²) in [5.41, 5.74) is 1.15. The van der Waals surface area contributed by atoms with E-state index in [1.54, 1.807) is 48.5 Å². The van der Waals surface area contributed by atoms with Crippen LogP contribution in [0, 0.1) is 5.92 Å². The van der Waals surface area contributed by atoms with Crippen LogP contribution in [0.2, 0.25) is 5.02 Å². The Morgan fingerprint density at radius 1 is 1.18 bits per heavy atom. The molecule has 2 aromatic carbocycles. The summed E-state index contributed by atoms with van der Waals surface area (Å²) in [5, 5.41) is 3.19. The van der Waals surface area contributed by atoms with Crippen LogP contribution in [0.5, 0.6) is 5.75 Å². The number of carbonyl (C=O) groups is 3. The van der Waals surface area contributed by atoms with Crippen LogP contribution < -0.4 is 15.0 Å². The molecule has 1 heterocycles. The number of rotatable bonds is 6. The second-order valence-electron chi connectivity index (χ2n) is 6.24. The van der Waals surface area contributed by atoms with Gasteiger partial charge in [-0.15, -0.1) is 0 Å². The van der Waals surface area contributed by atoms with E-state index in [-0.39, 0.29) is 18.9 Å². The SMILES string of the molecule is COc1ccccc1NC(=O)COC(=O)C1CC(=O)N(c2ccc(Cl)cc2)C1. The molecule has 0 spiro atoms. The number of nitrogens with zero attached hydrogens (tertiary/aromatic N) is 1. The fourth-order valence-electron chi connectivity index (χ4n) is 2.92. The van der Waals surface area contributed by atoms with Gasteiger partial charge in [-0.3, -0.25) is 14.4 Å². The average Bonchev–Trinajstić information content (AvgIpc) is 3.09. The maximum atomic E-state index is 12.3. The number of carbonyl (C=O) groups excluding carboxylic acids is 3. The molecule has 1 aliphatic rings. The number of hydrogen-bond donors (Lipinski definition) is 1. The molecular formula is C20H19ClN2O5. The Kier molecular flexibility index (Phi) is 6.16. The molecular weight excluding hydrogens is 384 g/mol. The third-order valence-electron chi connectivity index (χ3n) is 4.32. The molecule has 146 valence electrons. The Morgan fingerprint density at radius 3 is 2.61 bits per heavy atom. The number of anilines is 2. The van der Waals surface area contributed by atoms with Gasteiger partial charge in [0.1, 0.15) is 5.75 Å². The fraction of sp³-hybridized carbons (Fsp3) is 0.250. The predicted octanol–water partition coefficient (Wildman–Crippen LogP) is 2.88. The van der Waals surface area contributed by atoms with Gasteiger partial charge >= 0.3 is 5.97 Å². The lowest BCUT2D eigenvalue weighted by Crippen LogP contribution is -2.28. The van der Waals surface area contributed by atoms with E-state index in [1.807, 2.05) is 0 Å². The van der Waals surface area contributed by atoms with Crippen molar-refractivity contribution in [3.63, 3.8) is 0 Å². The van der Waals surface area contributed by atoms with Crippen LogP contribution in [-0.4, -0.2) is 38.0 Å². The Bertz CT molecular complexity index is 884. The molecule has 0 aromatic heterocycles. The van der Waals surface area contributed by atoms with E-state index in [4.69, 9.17) is 21.1 Å². The molecule has 1 atom stereocenters. The minimum Gasteiger partial charge on any atom is -0.495 e. The number of methoxy groups -OCH3 is 1. The average molecular weight is 403 g/mol. The molecule has 0 saturated carbocycles. The van der Waals surface area contributed by atoms with Gasteiger partial charge in [-0.05, 0) is 36.4 Å². The van der Waals surface area contributed by atoms with Crippen molar-refractivity contribution in [3.8, 4) is 5.75 Å². The second-order valence-corrected chi connectivity index (χ2v) is 6.67. The smallest absolute Gasteiger partial charge is 0.311 e. The molecule has 8 heteroatoms. The Hall–Kier alpha value is -3.06. The van der Waals surface area contributed by atoms with Crippen molar-refractivity contribution in [3.05, 3.63) is 53.6 Å². The second kappa shape index (κ2) is 8.75. The van der Waals surface area contributed by atoms with E-state index in [9.17, 15) is 14.4 Å². The first-order chi connectivity index (χ1) is 13.5. The summed E-state index contributed by atoms with van der Waals surface area (Å²) >= 11 is 5.86. The highest BCUT2D eigenvalue weighted by molar-refractivity contribution is 6.30. The summed E-state index contributed by atoms with van der Waals surface area (Å²) in [4.78, 5) is 38.1. The molecule has 2 aromatic rings. The van der Waals surface area contributed by atoms with Gasteiger partial charge < -0.3 is 19.7 Å². The fourth-order valence-corrected chi connectivity index (χ4v) is 3.05. The number of halogens is 1. The molecule has 2 amide bonds. The van der Waals surface area contributed by atoms with Crippen LogP contribution in [0.3, 0.4) is 0 Å². The summed E-state index contributed by atoms with van der Waals surface area (Å²) in [6, 6.07) is 13.7. The molecule has 3 rings (SSSR count). The van der Waals surface area contributed by atoms with E-state index in [2.05, 4.69) is 5.32 Å². The van der Waals surface area contributed by atoms with Crippen LogP contribution >= 0.6 is 11.6 Å². The highest BCUT2D eigenvalue weighted by atomic mass is 35.5. The first-order valence-electron chi connectivity index (χ1n) is 8.63. The van der Waals surface area contributed by atoms with Crippen molar-refractivity contribution in [2.75, 3.05) is 30.5 Å². The highest BCUT2D eigenvalue weighted by Gasteiger charge is 2.36. The van der Waals surface area contributed by atoms with E-state index in [0.717, 1.165) is 0 Å². The molecule has 1 unspecified atom stereocenters. The highest BCUT2D eigenvalue weighted by Crippen LogP contribution is 2.27. The van der Waals surface area contributed by atoms with Crippen LogP contribution in [0.4, 0.5) is 11.4 Å². The van der Waals surface area contributed by atoms with Crippen molar-refractivity contribution in [1.82, 2.24) is 0 Å². The summed E-state index contributed by atoms with van der Waals surface area (Å²) in [6.07, 6.45) is 0.0373. The van der Waals surface area contributed by atoms with E-state index in [1.165, 1.54) is 12.0 Å². The summed E-state index contributed by atoms with van der Waals surface area (Å²) in [7, 11) is 1.49. The number of amides is 2. The van der Waals surface area contributed by atoms with Crippen LogP contribution in [-0.2, 0) is 19.1 Å². The molecule has 7 nitrogen and oxygen atoms in total. The largest absolute Gasteiger partial charge is 0.495 e. The molecule has 0 bridgehead atoms. The van der Waals surface area contributed by atoms with Crippen molar-refractivity contribution in [1.29, 1.82) is 0 Å². The van der Waals surface area contributed by atoms with Crippen molar-refractivity contribution < 1.29 is 23.9 Å². The van der Waals surface area contributed by atoms with Crippen molar-refractivity contribution in [2.45, 2.75) is 6.42 Å². The Morgan fingerprint density at radius 2 is 1.89 bits per heavy atom. The summed E-state index contributed by atoms with van der Waals surface area (Å²) < 4.78 is 10.2. The number of esters is 1. The summed E-state index contributed by atoms with van der Waals surface area (Å²) in [6.45, 7) is -0.240. The molecule has 0 aliphatic carbocycles. The Labute approximate surface area is 167 Å². The maximum Gasteiger partial charge on any atom is 0.311 e. The number of ether oxygens (including phenoxy) is 2. The van der Waals surface area contributed by atoms with Crippen molar-refractivity contribution in [2.24, 2.45) is 5.92 Å². The van der Waals surface area contributed by atoms with Crippen LogP contribution in [0.15, 0.2) is 48.5 Å². The van der Waals surface area contributed by atoms with Gasteiger partial charge in [-0.25, -0.2) is 0 Å². The summed E-state index contributed by atoms with van der Waals surface area (Å²) in [5.74, 6) is -1.37. The lowest BCUT2D eigenvalue weighted by atomic mass is 10.1. The third-order valence-corrected chi connectivity index (χ3v) is 4.58. The first kappa shape index (κ1) is 19.7. The zero-order valence-electron chi connectivity index (χ0n) is 15.2. The predicted molar refractivity (Wildman–Crippen MR) is 104 cm³/mol. The van der Waals surface area contributed by atoms with Gasteiger partial charge in [-0.2, -0.15) is 0 Å². The number of hydrogen-bond acceptors (Lipinski definition) is 5. The topological polar surface area (TPSA) is 84.9 Å². The van der Waals surface area contributed by atoms with E-state index in [0.29, 0.717) is 22.1 Å². The lowest BCUT2D eigenvalue weighted by Gasteiger charge is -2.16. The van der Waals surface area contributed by atoms with Crippen LogP contribution in [0.25, 0.3) is 0 Å². The lowest BCUT2D eigenvalue weighted by molar-refractivity contribution is -0.151. The van der Waals surface area contributed by atoms with E-state index >= 15 is 0 Å². The number of benzene rings is 2. The molecule has 1 N–H and O–H groups in total. The van der Waals surface area contributed by atoms with Gasteiger partial charge in [0, 0.05) is 23.7 Å². The van der Waals surface area contributed by atoms with Gasteiger partial charge in [-0.1, -0.05) is 23.7 Å². The normalized spacial score (nSPS) is 16.0. The van der Waals surface area contributed by atoms with Gasteiger partial charge in [0.05, 0.1) is 18.7 Å². The van der Waals surface area contributed by atoms with Gasteiger partial charge in [0.25, 0.3) is 5.91 Å². The minimum atomic E-state index is -0.623.